The highest BCUT2D eigenvalue weighted by Crippen LogP contribution is 2.39. The molecule has 66 valence electrons. The molecule has 0 aromatic heterocycles. The number of carbonyl (C=O) groups excluding carboxylic acids is 1. The maximum atomic E-state index is 11.6. The average molecular weight is 174 g/mol. The van der Waals surface area contributed by atoms with Crippen LogP contribution in [0.2, 0.25) is 0 Å². The molecule has 0 amide bonds. The lowest BCUT2D eigenvalue weighted by Gasteiger charge is -2.24. The topological polar surface area (TPSA) is 26.3 Å². The molecule has 0 spiro atoms. The Kier molecular flexibility index (Phi) is 1.69. The third kappa shape index (κ3) is 0.985. The highest BCUT2D eigenvalue weighted by molar-refractivity contribution is 5.88. The second-order valence-corrected chi connectivity index (χ2v) is 3.06. The lowest BCUT2D eigenvalue weighted by atomic mass is 9.80. The third-order valence-corrected chi connectivity index (χ3v) is 2.38. The highest BCUT2D eigenvalue weighted by Gasteiger charge is 2.39. The first-order valence-electron chi connectivity index (χ1n) is 4.14. The van der Waals surface area contributed by atoms with Gasteiger partial charge in [-0.15, -0.1) is 0 Å². The molecule has 0 aromatic rings. The first-order valence-corrected chi connectivity index (χ1v) is 4.14. The van der Waals surface area contributed by atoms with Crippen LogP contribution in [0, 0.1) is 5.41 Å². The van der Waals surface area contributed by atoms with E-state index in [2.05, 4.69) is 0 Å². The molecule has 1 unspecified atom stereocenters. The maximum Gasteiger partial charge on any atom is 0.324 e. The summed E-state index contributed by atoms with van der Waals surface area (Å²) in [6, 6.07) is 0. The van der Waals surface area contributed by atoms with Gasteiger partial charge in [0.1, 0.15) is 5.41 Å². The van der Waals surface area contributed by atoms with Gasteiger partial charge in [0, 0.05) is 0 Å². The summed E-state index contributed by atoms with van der Waals surface area (Å²) in [5.41, 5.74) is 0.325. The minimum atomic E-state index is -0.649. The molecule has 1 atom stereocenters. The van der Waals surface area contributed by atoms with Gasteiger partial charge < -0.3 is 4.74 Å². The fourth-order valence-electron chi connectivity index (χ4n) is 1.67. The zero-order valence-electron chi connectivity index (χ0n) is 7.36. The predicted octanol–water partition coefficient (Wildman–Crippen LogP) is 1.77. The number of carbonyl (C=O) groups is 1. The Labute approximate surface area is 76.9 Å². The standard InChI is InChI=1S/C11H10O2/c1-13-10(12)11-7-3-2-5-9(11)6-4-8-11/h2-8H,1H3. The summed E-state index contributed by atoms with van der Waals surface area (Å²) >= 11 is 0. The lowest BCUT2D eigenvalue weighted by molar-refractivity contribution is -0.145. The van der Waals surface area contributed by atoms with Crippen LogP contribution in [0.15, 0.2) is 48.1 Å². The second kappa shape index (κ2) is 2.73. The molecule has 0 aromatic carbocycles. The normalized spacial score (nSPS) is 28.5. The minimum Gasteiger partial charge on any atom is -0.468 e. The molecular weight excluding hydrogens is 164 g/mol. The predicted molar refractivity (Wildman–Crippen MR) is 50.0 cm³/mol. The quantitative estimate of drug-likeness (QED) is 0.566. The van der Waals surface area contributed by atoms with Gasteiger partial charge in [0.2, 0.25) is 0 Å². The van der Waals surface area contributed by atoms with Crippen molar-refractivity contribution in [3.63, 3.8) is 0 Å². The zero-order chi connectivity index (χ0) is 9.31. The molecule has 0 heterocycles. The van der Waals surface area contributed by atoms with E-state index < -0.39 is 5.41 Å². The van der Waals surface area contributed by atoms with Crippen molar-refractivity contribution >= 4 is 5.97 Å². The van der Waals surface area contributed by atoms with Crippen LogP contribution in [0.25, 0.3) is 0 Å². The van der Waals surface area contributed by atoms with Crippen molar-refractivity contribution in [3.8, 4) is 0 Å². The summed E-state index contributed by atoms with van der Waals surface area (Å²) < 4.78 is 4.78. The van der Waals surface area contributed by atoms with Gasteiger partial charge in [0.15, 0.2) is 0 Å². The second-order valence-electron chi connectivity index (χ2n) is 3.06. The van der Waals surface area contributed by atoms with E-state index in [-0.39, 0.29) is 5.97 Å². The summed E-state index contributed by atoms with van der Waals surface area (Å²) in [7, 11) is 1.41. The van der Waals surface area contributed by atoms with Crippen molar-refractivity contribution in [1.29, 1.82) is 0 Å². The van der Waals surface area contributed by atoms with E-state index in [0.29, 0.717) is 0 Å². The van der Waals surface area contributed by atoms with Crippen molar-refractivity contribution in [2.24, 2.45) is 5.41 Å². The number of methoxy groups -OCH3 is 1. The molecule has 2 heteroatoms. The molecular formula is C11H10O2. The zero-order valence-corrected chi connectivity index (χ0v) is 7.36. The van der Waals surface area contributed by atoms with E-state index in [4.69, 9.17) is 4.74 Å². The van der Waals surface area contributed by atoms with Gasteiger partial charge in [-0.1, -0.05) is 42.5 Å². The number of esters is 1. The number of allylic oxidation sites excluding steroid dienone is 5. The molecule has 0 aliphatic heterocycles. The van der Waals surface area contributed by atoms with Crippen molar-refractivity contribution in [2.75, 3.05) is 7.11 Å². The lowest BCUT2D eigenvalue weighted by Crippen LogP contribution is -2.29. The molecule has 0 bridgehead atoms. The Morgan fingerprint density at radius 1 is 1.31 bits per heavy atom. The SMILES string of the molecule is COC(=O)C12C=CC=CC1=CC=C2. The van der Waals surface area contributed by atoms with E-state index in [1.54, 1.807) is 0 Å². The van der Waals surface area contributed by atoms with Crippen molar-refractivity contribution in [3.05, 3.63) is 48.1 Å². The molecule has 2 rings (SSSR count). The summed E-state index contributed by atoms with van der Waals surface area (Å²) in [6.07, 6.45) is 13.2. The molecule has 0 saturated carbocycles. The molecule has 2 nitrogen and oxygen atoms in total. The largest absolute Gasteiger partial charge is 0.468 e. The fourth-order valence-corrected chi connectivity index (χ4v) is 1.67. The first-order chi connectivity index (χ1) is 6.29. The molecule has 0 radical (unpaired) electrons. The van der Waals surface area contributed by atoms with Crippen molar-refractivity contribution in [2.45, 2.75) is 0 Å². The molecule has 0 fully saturated rings. The Morgan fingerprint density at radius 3 is 2.85 bits per heavy atom. The van der Waals surface area contributed by atoms with Crippen LogP contribution in [0.4, 0.5) is 0 Å². The van der Waals surface area contributed by atoms with Crippen LogP contribution >= 0.6 is 0 Å². The summed E-state index contributed by atoms with van der Waals surface area (Å²) in [5, 5.41) is 0. The highest BCUT2D eigenvalue weighted by atomic mass is 16.5. The number of rotatable bonds is 1. The van der Waals surface area contributed by atoms with Gasteiger partial charge in [-0.05, 0) is 5.57 Å². The Morgan fingerprint density at radius 2 is 2.08 bits per heavy atom. The van der Waals surface area contributed by atoms with Gasteiger partial charge in [0.05, 0.1) is 7.11 Å². The minimum absolute atomic E-state index is 0.229. The first kappa shape index (κ1) is 8.05. The van der Waals surface area contributed by atoms with Crippen molar-refractivity contribution in [1.82, 2.24) is 0 Å². The van der Waals surface area contributed by atoms with Crippen LogP contribution < -0.4 is 0 Å². The van der Waals surface area contributed by atoms with Gasteiger partial charge in [-0.2, -0.15) is 0 Å². The smallest absolute Gasteiger partial charge is 0.324 e. The van der Waals surface area contributed by atoms with Crippen molar-refractivity contribution < 1.29 is 9.53 Å². The fraction of sp³-hybridized carbons (Fsp3) is 0.182. The molecule has 2 aliphatic carbocycles. The van der Waals surface area contributed by atoms with E-state index in [1.165, 1.54) is 7.11 Å². The Bertz CT molecular complexity index is 358. The van der Waals surface area contributed by atoms with Gasteiger partial charge >= 0.3 is 5.97 Å². The summed E-state index contributed by atoms with van der Waals surface area (Å²) in [6.45, 7) is 0. The summed E-state index contributed by atoms with van der Waals surface area (Å²) in [5.74, 6) is -0.229. The van der Waals surface area contributed by atoms with E-state index >= 15 is 0 Å². The maximum absolute atomic E-state index is 11.6. The molecule has 13 heavy (non-hydrogen) atoms. The summed E-state index contributed by atoms with van der Waals surface area (Å²) in [4.78, 5) is 11.6. The van der Waals surface area contributed by atoms with Crippen LogP contribution in [0.1, 0.15) is 0 Å². The van der Waals surface area contributed by atoms with Gasteiger partial charge in [0.25, 0.3) is 0 Å². The number of ether oxygens (including phenoxy) is 1. The van der Waals surface area contributed by atoms with E-state index in [1.807, 2.05) is 42.5 Å². The van der Waals surface area contributed by atoms with Gasteiger partial charge in [-0.3, -0.25) is 4.79 Å². The Hall–Kier alpha value is -1.57. The number of fused-ring (bicyclic) bond motifs is 1. The van der Waals surface area contributed by atoms with Crippen LogP contribution in [-0.2, 0) is 9.53 Å². The number of hydrogen-bond acceptors (Lipinski definition) is 2. The average Bonchev–Trinajstić information content (AvgIpc) is 2.61. The van der Waals surface area contributed by atoms with Crippen LogP contribution in [0.5, 0.6) is 0 Å². The Balaban J connectivity index is 2.46. The molecule has 2 aliphatic rings. The molecule has 0 N–H and O–H groups in total. The molecule has 0 saturated heterocycles. The van der Waals surface area contributed by atoms with Crippen LogP contribution in [0.3, 0.4) is 0 Å². The monoisotopic (exact) mass is 174 g/mol. The third-order valence-electron chi connectivity index (χ3n) is 2.38. The van der Waals surface area contributed by atoms with E-state index in [0.717, 1.165) is 5.57 Å². The van der Waals surface area contributed by atoms with Gasteiger partial charge in [-0.25, -0.2) is 0 Å². The number of hydrogen-bond donors (Lipinski definition) is 0. The van der Waals surface area contributed by atoms with Crippen LogP contribution in [-0.4, -0.2) is 13.1 Å². The van der Waals surface area contributed by atoms with E-state index in [9.17, 15) is 4.79 Å².